The highest BCUT2D eigenvalue weighted by molar-refractivity contribution is 7.13. The molecule has 0 radical (unpaired) electrons. The number of carboxylic acid groups (broad SMARTS) is 1. The van der Waals surface area contributed by atoms with Gasteiger partial charge in [0.15, 0.2) is 10.8 Å². The van der Waals surface area contributed by atoms with Gasteiger partial charge in [0, 0.05) is 11.9 Å². The predicted octanol–water partition coefficient (Wildman–Crippen LogP) is 0.262. The van der Waals surface area contributed by atoms with Crippen LogP contribution in [-0.4, -0.2) is 47.5 Å². The fourth-order valence-electron chi connectivity index (χ4n) is 0.850. The molecule has 0 aromatic carbocycles. The smallest absolute Gasteiger partial charge is 0.355 e. The van der Waals surface area contributed by atoms with Gasteiger partial charge in [-0.05, 0) is 0 Å². The highest BCUT2D eigenvalue weighted by Gasteiger charge is 2.07. The molecule has 0 aliphatic rings. The number of ether oxygens (including phenoxy) is 1. The topological polar surface area (TPSA) is 91.7 Å². The van der Waals surface area contributed by atoms with Crippen LogP contribution in [0.25, 0.3) is 0 Å². The van der Waals surface area contributed by atoms with Crippen molar-refractivity contribution in [1.29, 1.82) is 0 Å². The Labute approximate surface area is 90.5 Å². The average molecular weight is 232 g/mol. The van der Waals surface area contributed by atoms with Gasteiger partial charge < -0.3 is 20.3 Å². The van der Waals surface area contributed by atoms with Crippen LogP contribution >= 0.6 is 11.3 Å². The Morgan fingerprint density at radius 3 is 3.00 bits per heavy atom. The molecule has 0 saturated carbocycles. The minimum absolute atomic E-state index is 0.000411. The number of aliphatic hydroxyl groups excluding tert-OH is 1. The van der Waals surface area contributed by atoms with Gasteiger partial charge in [0.2, 0.25) is 0 Å². The van der Waals surface area contributed by atoms with Gasteiger partial charge >= 0.3 is 5.97 Å². The third kappa shape index (κ3) is 4.24. The number of aromatic carboxylic acids is 1. The van der Waals surface area contributed by atoms with Gasteiger partial charge in [0.1, 0.15) is 0 Å². The van der Waals surface area contributed by atoms with Gasteiger partial charge in [-0.25, -0.2) is 9.78 Å². The molecule has 0 aliphatic heterocycles. The first-order chi connectivity index (χ1) is 7.24. The largest absolute Gasteiger partial charge is 0.476 e. The summed E-state index contributed by atoms with van der Waals surface area (Å²) >= 11 is 1.23. The molecular formula is C8H12N2O4S. The first kappa shape index (κ1) is 11.9. The van der Waals surface area contributed by atoms with Crippen molar-refractivity contribution in [1.82, 2.24) is 4.98 Å². The van der Waals surface area contributed by atoms with Gasteiger partial charge in [-0.3, -0.25) is 0 Å². The number of thiazole rings is 1. The van der Waals surface area contributed by atoms with E-state index in [0.717, 1.165) is 0 Å². The van der Waals surface area contributed by atoms with Crippen LogP contribution in [0.15, 0.2) is 5.38 Å². The van der Waals surface area contributed by atoms with Gasteiger partial charge in [0.05, 0.1) is 19.8 Å². The summed E-state index contributed by atoms with van der Waals surface area (Å²) in [6.45, 7) is 1.29. The number of anilines is 1. The van der Waals surface area contributed by atoms with E-state index in [1.165, 1.54) is 16.7 Å². The molecule has 1 rings (SSSR count). The van der Waals surface area contributed by atoms with Crippen molar-refractivity contribution in [3.05, 3.63) is 11.1 Å². The molecule has 1 aromatic rings. The van der Waals surface area contributed by atoms with Crippen LogP contribution in [-0.2, 0) is 4.74 Å². The summed E-state index contributed by atoms with van der Waals surface area (Å²) in [4.78, 5) is 14.3. The third-order valence-corrected chi connectivity index (χ3v) is 2.28. The SMILES string of the molecule is O=C(O)c1csc(NCCOCCO)n1. The molecule has 84 valence electrons. The van der Waals surface area contributed by atoms with Crippen molar-refractivity contribution in [2.45, 2.75) is 0 Å². The number of nitrogens with one attached hydrogen (secondary N) is 1. The summed E-state index contributed by atoms with van der Waals surface area (Å²) in [5.74, 6) is -1.03. The molecule has 0 atom stereocenters. The molecule has 1 aromatic heterocycles. The number of rotatable bonds is 7. The average Bonchev–Trinajstić information content (AvgIpc) is 2.66. The van der Waals surface area contributed by atoms with Crippen LogP contribution in [0.1, 0.15) is 10.5 Å². The second-order valence-corrected chi connectivity index (χ2v) is 3.46. The van der Waals surface area contributed by atoms with Crippen molar-refractivity contribution >= 4 is 22.4 Å². The highest BCUT2D eigenvalue weighted by atomic mass is 32.1. The molecule has 0 bridgehead atoms. The number of carboxylic acids is 1. The zero-order valence-corrected chi connectivity index (χ0v) is 8.79. The fraction of sp³-hybridized carbons (Fsp3) is 0.500. The predicted molar refractivity (Wildman–Crippen MR) is 55.5 cm³/mol. The van der Waals surface area contributed by atoms with Gasteiger partial charge in [0.25, 0.3) is 0 Å². The van der Waals surface area contributed by atoms with E-state index in [9.17, 15) is 4.79 Å². The normalized spacial score (nSPS) is 10.2. The summed E-state index contributed by atoms with van der Waals surface area (Å²) in [6, 6.07) is 0. The van der Waals surface area contributed by atoms with Crippen molar-refractivity contribution in [3.63, 3.8) is 0 Å². The maximum Gasteiger partial charge on any atom is 0.355 e. The maximum absolute atomic E-state index is 10.5. The fourth-order valence-corrected chi connectivity index (χ4v) is 1.56. The monoisotopic (exact) mass is 232 g/mol. The van der Waals surface area contributed by atoms with Crippen molar-refractivity contribution in [2.24, 2.45) is 0 Å². The number of aliphatic hydroxyl groups is 1. The second-order valence-electron chi connectivity index (χ2n) is 2.61. The lowest BCUT2D eigenvalue weighted by Crippen LogP contribution is -2.11. The number of hydrogen-bond donors (Lipinski definition) is 3. The molecule has 0 amide bonds. The van der Waals surface area contributed by atoms with E-state index in [4.69, 9.17) is 14.9 Å². The van der Waals surface area contributed by atoms with Gasteiger partial charge in [-0.1, -0.05) is 0 Å². The van der Waals surface area contributed by atoms with Crippen LogP contribution in [0.2, 0.25) is 0 Å². The van der Waals surface area contributed by atoms with Gasteiger partial charge in [-0.15, -0.1) is 11.3 Å². The molecule has 0 fully saturated rings. The van der Waals surface area contributed by atoms with Crippen LogP contribution in [0, 0.1) is 0 Å². The van der Waals surface area contributed by atoms with E-state index in [-0.39, 0.29) is 12.3 Å². The Morgan fingerprint density at radius 1 is 1.60 bits per heavy atom. The van der Waals surface area contributed by atoms with Crippen molar-refractivity contribution in [2.75, 3.05) is 31.7 Å². The molecule has 6 nitrogen and oxygen atoms in total. The lowest BCUT2D eigenvalue weighted by Gasteiger charge is -2.02. The second kappa shape index (κ2) is 6.33. The molecule has 0 spiro atoms. The van der Waals surface area contributed by atoms with E-state index < -0.39 is 5.97 Å². The minimum Gasteiger partial charge on any atom is -0.476 e. The van der Waals surface area contributed by atoms with Crippen LogP contribution in [0.5, 0.6) is 0 Å². The van der Waals surface area contributed by atoms with E-state index in [1.807, 2.05) is 0 Å². The summed E-state index contributed by atoms with van der Waals surface area (Å²) in [6.07, 6.45) is 0. The maximum atomic E-state index is 10.5. The number of aromatic nitrogens is 1. The van der Waals surface area contributed by atoms with E-state index in [1.54, 1.807) is 0 Å². The lowest BCUT2D eigenvalue weighted by atomic mass is 10.5. The van der Waals surface area contributed by atoms with Crippen LogP contribution in [0.3, 0.4) is 0 Å². The molecule has 0 unspecified atom stereocenters. The Morgan fingerprint density at radius 2 is 2.40 bits per heavy atom. The highest BCUT2D eigenvalue weighted by Crippen LogP contribution is 2.14. The van der Waals surface area contributed by atoms with E-state index in [0.29, 0.717) is 24.9 Å². The van der Waals surface area contributed by atoms with Crippen molar-refractivity contribution < 1.29 is 19.7 Å². The molecule has 7 heteroatoms. The summed E-state index contributed by atoms with van der Waals surface area (Å²) in [5.41, 5.74) is 0.0405. The van der Waals surface area contributed by atoms with Crippen molar-refractivity contribution in [3.8, 4) is 0 Å². The molecule has 3 N–H and O–H groups in total. The first-order valence-corrected chi connectivity index (χ1v) is 5.23. The van der Waals surface area contributed by atoms with Crippen LogP contribution in [0.4, 0.5) is 5.13 Å². The van der Waals surface area contributed by atoms with Gasteiger partial charge in [-0.2, -0.15) is 0 Å². The van der Waals surface area contributed by atoms with E-state index in [2.05, 4.69) is 10.3 Å². The zero-order valence-electron chi connectivity index (χ0n) is 7.97. The van der Waals surface area contributed by atoms with Crippen LogP contribution < -0.4 is 5.32 Å². The molecule has 15 heavy (non-hydrogen) atoms. The molecule has 0 aliphatic carbocycles. The molecule has 1 heterocycles. The first-order valence-electron chi connectivity index (χ1n) is 4.35. The Bertz CT molecular complexity index is 315. The molecular weight excluding hydrogens is 220 g/mol. The minimum atomic E-state index is -1.03. The Hall–Kier alpha value is -1.18. The zero-order chi connectivity index (χ0) is 11.1. The summed E-state index contributed by atoms with van der Waals surface area (Å²) in [7, 11) is 0. The summed E-state index contributed by atoms with van der Waals surface area (Å²) in [5, 5.41) is 22.0. The molecule has 0 saturated heterocycles. The van der Waals surface area contributed by atoms with E-state index >= 15 is 0 Å². The third-order valence-electron chi connectivity index (χ3n) is 1.48. The Kier molecular flexibility index (Phi) is 5.02. The quantitative estimate of drug-likeness (QED) is 0.584. The number of carbonyl (C=O) groups is 1. The summed E-state index contributed by atoms with van der Waals surface area (Å²) < 4.78 is 5.01. The Balaban J connectivity index is 2.23. The standard InChI is InChI=1S/C8H12N2O4S/c11-2-4-14-3-1-9-8-10-6(5-15-8)7(12)13/h5,11H,1-4H2,(H,9,10)(H,12,13). The lowest BCUT2D eigenvalue weighted by molar-refractivity contribution is 0.0691. The number of nitrogens with zero attached hydrogens (tertiary/aromatic N) is 1. The number of hydrogen-bond acceptors (Lipinski definition) is 6.